The Balaban J connectivity index is 3.01. The molecule has 0 fully saturated rings. The zero-order chi connectivity index (χ0) is 8.97. The second-order valence-corrected chi connectivity index (χ2v) is 2.20. The number of carbonyl (C=O) groups excluding carboxylic acids is 1. The number of carbonyl (C=O) groups is 1. The van der Waals surface area contributed by atoms with E-state index in [1.165, 1.54) is 24.3 Å². The summed E-state index contributed by atoms with van der Waals surface area (Å²) in [5.41, 5.74) is 0.420. The highest BCUT2D eigenvalue weighted by atomic mass is 19.1. The summed E-state index contributed by atoms with van der Waals surface area (Å²) >= 11 is 0. The lowest BCUT2D eigenvalue weighted by Crippen LogP contribution is -1.77. The summed E-state index contributed by atoms with van der Waals surface area (Å²) in [6.07, 6.45) is 3.22. The molecule has 1 aromatic rings. The van der Waals surface area contributed by atoms with Crippen molar-refractivity contribution in [1.29, 1.82) is 0 Å². The Morgan fingerprint density at radius 1 is 1.42 bits per heavy atom. The van der Waals surface area contributed by atoms with Gasteiger partial charge in [0.05, 0.1) is 0 Å². The second kappa shape index (κ2) is 3.67. The van der Waals surface area contributed by atoms with Gasteiger partial charge in [0, 0.05) is 11.6 Å². The van der Waals surface area contributed by atoms with Crippen LogP contribution in [-0.4, -0.2) is 11.4 Å². The van der Waals surface area contributed by atoms with E-state index in [2.05, 4.69) is 0 Å². The first-order chi connectivity index (χ1) is 5.74. The number of benzene rings is 1. The normalized spacial score (nSPS) is 10.4. The Morgan fingerprint density at radius 2 is 2.17 bits per heavy atom. The molecule has 0 bridgehead atoms. The summed E-state index contributed by atoms with van der Waals surface area (Å²) in [5.74, 6) is -0.677. The summed E-state index contributed by atoms with van der Waals surface area (Å²) in [6.45, 7) is 0. The van der Waals surface area contributed by atoms with Gasteiger partial charge in [-0.3, -0.25) is 4.79 Å². The van der Waals surface area contributed by atoms with Gasteiger partial charge in [-0.15, -0.1) is 0 Å². The lowest BCUT2D eigenvalue weighted by Gasteiger charge is -1.96. The maximum Gasteiger partial charge on any atom is 0.142 e. The maximum atomic E-state index is 12.4. The standard InChI is InChI=1S/C9H7FO2/c10-8-4-3-7(2-1-5-11)9(12)6-8/h1-6,12H/b2-1+. The average molecular weight is 166 g/mol. The molecule has 1 rings (SSSR count). The number of phenolic OH excluding ortho intramolecular Hbond substituents is 1. The van der Waals surface area contributed by atoms with Gasteiger partial charge in [0.1, 0.15) is 17.9 Å². The maximum absolute atomic E-state index is 12.4. The SMILES string of the molecule is O=C/C=C/c1ccc(F)cc1O. The van der Waals surface area contributed by atoms with E-state index in [1.54, 1.807) is 0 Å². The van der Waals surface area contributed by atoms with Crippen LogP contribution < -0.4 is 0 Å². The quantitative estimate of drug-likeness (QED) is 0.536. The molecule has 12 heavy (non-hydrogen) atoms. The van der Waals surface area contributed by atoms with Gasteiger partial charge >= 0.3 is 0 Å². The average Bonchev–Trinajstić information content (AvgIpc) is 2.03. The van der Waals surface area contributed by atoms with Gasteiger partial charge < -0.3 is 5.11 Å². The van der Waals surface area contributed by atoms with Crippen molar-refractivity contribution in [3.63, 3.8) is 0 Å². The predicted molar refractivity (Wildman–Crippen MR) is 43.2 cm³/mol. The molecule has 62 valence electrons. The van der Waals surface area contributed by atoms with Gasteiger partial charge in [0.15, 0.2) is 0 Å². The summed E-state index contributed by atoms with van der Waals surface area (Å²) in [5, 5.41) is 9.11. The summed E-state index contributed by atoms with van der Waals surface area (Å²) in [7, 11) is 0. The number of phenols is 1. The third-order valence-electron chi connectivity index (χ3n) is 1.35. The number of halogens is 1. The van der Waals surface area contributed by atoms with Gasteiger partial charge in [-0.1, -0.05) is 0 Å². The third kappa shape index (κ3) is 1.92. The topological polar surface area (TPSA) is 37.3 Å². The largest absolute Gasteiger partial charge is 0.507 e. The van der Waals surface area contributed by atoms with E-state index in [0.29, 0.717) is 11.8 Å². The van der Waals surface area contributed by atoms with Crippen molar-refractivity contribution in [3.05, 3.63) is 35.7 Å². The predicted octanol–water partition coefficient (Wildman–Crippen LogP) is 1.74. The van der Waals surface area contributed by atoms with Crippen LogP contribution in [0.1, 0.15) is 5.56 Å². The monoisotopic (exact) mass is 166 g/mol. The molecule has 0 aliphatic rings. The minimum absolute atomic E-state index is 0.173. The number of rotatable bonds is 2. The Hall–Kier alpha value is -1.64. The highest BCUT2D eigenvalue weighted by Gasteiger charge is 1.97. The zero-order valence-corrected chi connectivity index (χ0v) is 6.20. The van der Waals surface area contributed by atoms with Crippen molar-refractivity contribution in [2.75, 3.05) is 0 Å². The lowest BCUT2D eigenvalue weighted by molar-refractivity contribution is -0.104. The molecule has 0 aromatic heterocycles. The van der Waals surface area contributed by atoms with Gasteiger partial charge in [-0.05, 0) is 24.3 Å². The Labute approximate surface area is 69.0 Å². The van der Waals surface area contributed by atoms with E-state index in [-0.39, 0.29) is 5.75 Å². The summed E-state index contributed by atoms with van der Waals surface area (Å²) in [4.78, 5) is 9.91. The first-order valence-electron chi connectivity index (χ1n) is 3.34. The van der Waals surface area contributed by atoms with E-state index in [1.807, 2.05) is 0 Å². The fourth-order valence-electron chi connectivity index (χ4n) is 0.801. The molecule has 3 heteroatoms. The van der Waals surface area contributed by atoms with Crippen molar-refractivity contribution >= 4 is 12.4 Å². The fourth-order valence-corrected chi connectivity index (χ4v) is 0.801. The van der Waals surface area contributed by atoms with Gasteiger partial charge in [0.2, 0.25) is 0 Å². The van der Waals surface area contributed by atoms with Crippen LogP contribution in [0.2, 0.25) is 0 Å². The van der Waals surface area contributed by atoms with Crippen LogP contribution in [0.15, 0.2) is 24.3 Å². The van der Waals surface area contributed by atoms with Crippen LogP contribution in [0, 0.1) is 5.82 Å². The van der Waals surface area contributed by atoms with Gasteiger partial charge in [-0.25, -0.2) is 4.39 Å². The Kier molecular flexibility index (Phi) is 2.58. The van der Waals surface area contributed by atoms with Crippen LogP contribution in [0.3, 0.4) is 0 Å². The summed E-state index contributed by atoms with van der Waals surface area (Å²) in [6, 6.07) is 3.60. The van der Waals surface area contributed by atoms with E-state index < -0.39 is 5.82 Å². The highest BCUT2D eigenvalue weighted by molar-refractivity contribution is 5.75. The molecular weight excluding hydrogens is 159 g/mol. The first-order valence-corrected chi connectivity index (χ1v) is 3.34. The zero-order valence-electron chi connectivity index (χ0n) is 6.20. The minimum Gasteiger partial charge on any atom is -0.507 e. The molecule has 0 unspecified atom stereocenters. The van der Waals surface area contributed by atoms with Crippen molar-refractivity contribution in [1.82, 2.24) is 0 Å². The third-order valence-corrected chi connectivity index (χ3v) is 1.35. The van der Waals surface area contributed by atoms with Crippen LogP contribution in [0.25, 0.3) is 6.08 Å². The molecule has 0 saturated carbocycles. The van der Waals surface area contributed by atoms with E-state index in [9.17, 15) is 9.18 Å². The number of hydrogen-bond donors (Lipinski definition) is 1. The van der Waals surface area contributed by atoms with E-state index in [4.69, 9.17) is 5.11 Å². The van der Waals surface area contributed by atoms with Crippen LogP contribution >= 0.6 is 0 Å². The van der Waals surface area contributed by atoms with Gasteiger partial charge in [-0.2, -0.15) is 0 Å². The van der Waals surface area contributed by atoms with Crippen LogP contribution in [-0.2, 0) is 4.79 Å². The molecule has 1 N–H and O–H groups in total. The number of aldehydes is 1. The molecule has 0 heterocycles. The molecule has 0 amide bonds. The molecule has 2 nitrogen and oxygen atoms in total. The molecule has 0 aliphatic heterocycles. The first kappa shape index (κ1) is 8.46. The van der Waals surface area contributed by atoms with Crippen LogP contribution in [0.5, 0.6) is 5.75 Å². The highest BCUT2D eigenvalue weighted by Crippen LogP contribution is 2.18. The van der Waals surface area contributed by atoms with Crippen LogP contribution in [0.4, 0.5) is 4.39 Å². The number of allylic oxidation sites excluding steroid dienone is 1. The number of hydrogen-bond acceptors (Lipinski definition) is 2. The Morgan fingerprint density at radius 3 is 2.75 bits per heavy atom. The van der Waals surface area contributed by atoms with Crippen molar-refractivity contribution in [3.8, 4) is 5.75 Å². The molecule has 0 saturated heterocycles. The molecule has 0 atom stereocenters. The molecule has 0 aliphatic carbocycles. The van der Waals surface area contributed by atoms with Crippen molar-refractivity contribution in [2.45, 2.75) is 0 Å². The van der Waals surface area contributed by atoms with Crippen molar-refractivity contribution < 1.29 is 14.3 Å². The van der Waals surface area contributed by atoms with Gasteiger partial charge in [0.25, 0.3) is 0 Å². The molecule has 0 spiro atoms. The fraction of sp³-hybridized carbons (Fsp3) is 0. The lowest BCUT2D eigenvalue weighted by atomic mass is 10.2. The van der Waals surface area contributed by atoms with Crippen molar-refractivity contribution in [2.24, 2.45) is 0 Å². The second-order valence-electron chi connectivity index (χ2n) is 2.20. The minimum atomic E-state index is -0.504. The summed E-state index contributed by atoms with van der Waals surface area (Å²) < 4.78 is 12.4. The van der Waals surface area contributed by atoms with E-state index in [0.717, 1.165) is 6.07 Å². The van der Waals surface area contributed by atoms with E-state index >= 15 is 0 Å². The molecule has 1 aromatic carbocycles. The number of aromatic hydroxyl groups is 1. The molecule has 0 radical (unpaired) electrons. The smallest absolute Gasteiger partial charge is 0.142 e. The molecular formula is C9H7FO2. The Bertz CT molecular complexity index is 318.